The second-order valence-corrected chi connectivity index (χ2v) is 5.08. The van der Waals surface area contributed by atoms with Crippen molar-refractivity contribution in [3.63, 3.8) is 0 Å². The number of nitrogens with one attached hydrogen (secondary N) is 1. The summed E-state index contributed by atoms with van der Waals surface area (Å²) >= 11 is 0. The Hall–Kier alpha value is -2.36. The first kappa shape index (κ1) is 15.0. The third-order valence-electron chi connectivity index (χ3n) is 3.51. The molecule has 0 aromatic heterocycles. The molecule has 2 N–H and O–H groups in total. The highest BCUT2D eigenvalue weighted by molar-refractivity contribution is 5.83. The highest BCUT2D eigenvalue weighted by atomic mass is 16.4. The zero-order chi connectivity index (χ0) is 15.2. The molecular formula is C17H19NO3. The van der Waals surface area contributed by atoms with E-state index >= 15 is 0 Å². The number of rotatable bonds is 6. The molecule has 0 saturated carbocycles. The van der Waals surface area contributed by atoms with E-state index in [9.17, 15) is 14.7 Å². The zero-order valence-electron chi connectivity index (χ0n) is 12.0. The summed E-state index contributed by atoms with van der Waals surface area (Å²) in [6.45, 7) is 1.91. The molecular weight excluding hydrogens is 266 g/mol. The molecule has 0 spiro atoms. The maximum atomic E-state index is 11.3. The van der Waals surface area contributed by atoms with Crippen LogP contribution in [0.15, 0.2) is 42.5 Å². The Balaban J connectivity index is 2.11. The summed E-state index contributed by atoms with van der Waals surface area (Å²) in [7, 11) is 0. The lowest BCUT2D eigenvalue weighted by Gasteiger charge is -2.13. The number of benzene rings is 2. The fourth-order valence-corrected chi connectivity index (χ4v) is 2.26. The standard InChI is InChI=1S/C17H19NO3/c1-2-16(19)18-11-15(17(20)21)10-12-7-8-13-5-3-4-6-14(13)9-12/h3-9,15H,2,10-11H2,1H3,(H,18,19)(H,20,21)/t15-/m0/s1. The summed E-state index contributed by atoms with van der Waals surface area (Å²) < 4.78 is 0. The third kappa shape index (κ3) is 4.05. The topological polar surface area (TPSA) is 66.4 Å². The van der Waals surface area contributed by atoms with Crippen molar-refractivity contribution in [3.05, 3.63) is 48.0 Å². The monoisotopic (exact) mass is 285 g/mol. The van der Waals surface area contributed by atoms with Gasteiger partial charge < -0.3 is 10.4 Å². The Morgan fingerprint density at radius 3 is 2.52 bits per heavy atom. The van der Waals surface area contributed by atoms with Crippen LogP contribution in [-0.2, 0) is 16.0 Å². The molecule has 0 aliphatic heterocycles. The van der Waals surface area contributed by atoms with Gasteiger partial charge in [0.2, 0.25) is 5.91 Å². The van der Waals surface area contributed by atoms with Crippen LogP contribution in [0.25, 0.3) is 10.8 Å². The molecule has 4 heteroatoms. The van der Waals surface area contributed by atoms with Crippen molar-refractivity contribution in [3.8, 4) is 0 Å². The molecule has 21 heavy (non-hydrogen) atoms. The Morgan fingerprint density at radius 1 is 1.14 bits per heavy atom. The van der Waals surface area contributed by atoms with Crippen LogP contribution in [0.5, 0.6) is 0 Å². The van der Waals surface area contributed by atoms with Gasteiger partial charge in [-0.2, -0.15) is 0 Å². The molecule has 2 rings (SSSR count). The number of fused-ring (bicyclic) bond motifs is 1. The van der Waals surface area contributed by atoms with E-state index in [-0.39, 0.29) is 12.5 Å². The van der Waals surface area contributed by atoms with Crippen molar-refractivity contribution in [2.24, 2.45) is 5.92 Å². The van der Waals surface area contributed by atoms with Crippen molar-refractivity contribution in [1.82, 2.24) is 5.32 Å². The summed E-state index contributed by atoms with van der Waals surface area (Å²) in [6, 6.07) is 13.9. The lowest BCUT2D eigenvalue weighted by Crippen LogP contribution is -2.33. The van der Waals surface area contributed by atoms with Crippen molar-refractivity contribution in [1.29, 1.82) is 0 Å². The lowest BCUT2D eigenvalue weighted by molar-refractivity contribution is -0.141. The summed E-state index contributed by atoms with van der Waals surface area (Å²) in [6.07, 6.45) is 0.770. The van der Waals surface area contributed by atoms with Gasteiger partial charge in [0.1, 0.15) is 0 Å². The van der Waals surface area contributed by atoms with Crippen LogP contribution >= 0.6 is 0 Å². The second-order valence-electron chi connectivity index (χ2n) is 5.08. The molecule has 0 fully saturated rings. The number of aliphatic carboxylic acids is 1. The number of carboxylic acids is 1. The van der Waals surface area contributed by atoms with Crippen LogP contribution in [0.4, 0.5) is 0 Å². The first-order valence-corrected chi connectivity index (χ1v) is 7.07. The van der Waals surface area contributed by atoms with Crippen LogP contribution in [0, 0.1) is 5.92 Å². The highest BCUT2D eigenvalue weighted by Gasteiger charge is 2.18. The number of carbonyl (C=O) groups excluding carboxylic acids is 1. The number of hydrogen-bond donors (Lipinski definition) is 2. The first-order chi connectivity index (χ1) is 10.1. The Bertz CT molecular complexity index is 651. The third-order valence-corrected chi connectivity index (χ3v) is 3.51. The number of carbonyl (C=O) groups is 2. The largest absolute Gasteiger partial charge is 0.481 e. The molecule has 0 aliphatic rings. The van der Waals surface area contributed by atoms with Crippen LogP contribution in [-0.4, -0.2) is 23.5 Å². The molecule has 1 amide bonds. The van der Waals surface area contributed by atoms with E-state index in [2.05, 4.69) is 5.32 Å². The van der Waals surface area contributed by atoms with Crippen LogP contribution in [0.1, 0.15) is 18.9 Å². The highest BCUT2D eigenvalue weighted by Crippen LogP contribution is 2.18. The molecule has 0 aliphatic carbocycles. The second kappa shape index (κ2) is 6.88. The van der Waals surface area contributed by atoms with Crippen LogP contribution < -0.4 is 5.32 Å². The smallest absolute Gasteiger partial charge is 0.308 e. The summed E-state index contributed by atoms with van der Waals surface area (Å²) in [5.41, 5.74) is 0.965. The minimum Gasteiger partial charge on any atom is -0.481 e. The first-order valence-electron chi connectivity index (χ1n) is 7.07. The Morgan fingerprint density at radius 2 is 1.86 bits per heavy atom. The SMILES string of the molecule is CCC(=O)NC[C@H](Cc1ccc2ccccc2c1)C(=O)O. The fraction of sp³-hybridized carbons (Fsp3) is 0.294. The van der Waals surface area contributed by atoms with Gasteiger partial charge >= 0.3 is 5.97 Å². The lowest BCUT2D eigenvalue weighted by atomic mass is 9.97. The van der Waals surface area contributed by atoms with Crippen molar-refractivity contribution in [2.75, 3.05) is 6.54 Å². The maximum Gasteiger partial charge on any atom is 0.308 e. The predicted octanol–water partition coefficient (Wildman–Crippen LogP) is 2.61. The molecule has 2 aromatic rings. The van der Waals surface area contributed by atoms with E-state index in [1.165, 1.54) is 0 Å². The van der Waals surface area contributed by atoms with Crippen molar-refractivity contribution >= 4 is 22.6 Å². The molecule has 0 saturated heterocycles. The predicted molar refractivity (Wildman–Crippen MR) is 82.1 cm³/mol. The van der Waals surface area contributed by atoms with Gasteiger partial charge in [0.25, 0.3) is 0 Å². The van der Waals surface area contributed by atoms with Crippen LogP contribution in [0.3, 0.4) is 0 Å². The van der Waals surface area contributed by atoms with Gasteiger partial charge in [-0.25, -0.2) is 0 Å². The average Bonchev–Trinajstić information content (AvgIpc) is 2.50. The minimum absolute atomic E-state index is 0.125. The van der Waals surface area contributed by atoms with Gasteiger partial charge in [0, 0.05) is 13.0 Å². The maximum absolute atomic E-state index is 11.3. The van der Waals surface area contributed by atoms with Gasteiger partial charge in [0.05, 0.1) is 5.92 Å². The molecule has 0 bridgehead atoms. The minimum atomic E-state index is -0.889. The van der Waals surface area contributed by atoms with E-state index in [0.717, 1.165) is 16.3 Å². The summed E-state index contributed by atoms with van der Waals surface area (Å²) in [5, 5.41) is 14.2. The average molecular weight is 285 g/mol. The van der Waals surface area contributed by atoms with Crippen LogP contribution in [0.2, 0.25) is 0 Å². The van der Waals surface area contributed by atoms with E-state index < -0.39 is 11.9 Å². The number of hydrogen-bond acceptors (Lipinski definition) is 2. The summed E-state index contributed by atoms with van der Waals surface area (Å²) in [4.78, 5) is 22.6. The Kier molecular flexibility index (Phi) is 4.93. The van der Waals surface area contributed by atoms with Gasteiger partial charge in [-0.3, -0.25) is 9.59 Å². The van der Waals surface area contributed by atoms with Gasteiger partial charge in [-0.1, -0.05) is 49.4 Å². The number of amides is 1. The summed E-state index contributed by atoms with van der Waals surface area (Å²) in [5.74, 6) is -1.62. The quantitative estimate of drug-likeness (QED) is 0.857. The van der Waals surface area contributed by atoms with Gasteiger partial charge in [-0.15, -0.1) is 0 Å². The number of carboxylic acid groups (broad SMARTS) is 1. The molecule has 0 radical (unpaired) electrons. The normalized spacial score (nSPS) is 12.0. The van der Waals surface area contributed by atoms with Crippen molar-refractivity contribution < 1.29 is 14.7 Å². The van der Waals surface area contributed by atoms with E-state index in [1.807, 2.05) is 42.5 Å². The zero-order valence-corrected chi connectivity index (χ0v) is 12.0. The molecule has 2 aromatic carbocycles. The molecule has 0 heterocycles. The van der Waals surface area contributed by atoms with E-state index in [1.54, 1.807) is 6.92 Å². The fourth-order valence-electron chi connectivity index (χ4n) is 2.26. The van der Waals surface area contributed by atoms with Gasteiger partial charge in [0.15, 0.2) is 0 Å². The molecule has 110 valence electrons. The van der Waals surface area contributed by atoms with Gasteiger partial charge in [-0.05, 0) is 22.8 Å². The van der Waals surface area contributed by atoms with E-state index in [4.69, 9.17) is 0 Å². The molecule has 1 atom stereocenters. The molecule has 4 nitrogen and oxygen atoms in total. The molecule has 0 unspecified atom stereocenters. The Labute approximate surface area is 123 Å². The van der Waals surface area contributed by atoms with Crippen molar-refractivity contribution in [2.45, 2.75) is 19.8 Å². The van der Waals surface area contributed by atoms with E-state index in [0.29, 0.717) is 12.8 Å².